The Labute approximate surface area is 199 Å². The summed E-state index contributed by atoms with van der Waals surface area (Å²) < 4.78 is 11.1. The van der Waals surface area contributed by atoms with Gasteiger partial charge in [0.1, 0.15) is 5.82 Å². The standard InChI is InChI=1S/C24H32N6O4/c1-16(14-17(2)23(32)25-6-10-31)20-5-4-19-21(26-20)27-24(30-9-13-34-15-18(30)3)28-22(19)29-7-11-33-12-8-29/h4-5,14,18,31H,2,6-13,15H2,1,3H3,(H,25,32)/b16-14+. The van der Waals surface area contributed by atoms with Crippen LogP contribution in [0.15, 0.2) is 30.4 Å². The van der Waals surface area contributed by atoms with Crippen LogP contribution in [0.2, 0.25) is 0 Å². The fourth-order valence-corrected chi connectivity index (χ4v) is 4.06. The van der Waals surface area contributed by atoms with E-state index in [4.69, 9.17) is 29.5 Å². The van der Waals surface area contributed by atoms with Crippen LogP contribution >= 0.6 is 0 Å². The van der Waals surface area contributed by atoms with Crippen molar-refractivity contribution in [2.75, 3.05) is 69.0 Å². The van der Waals surface area contributed by atoms with Crippen molar-refractivity contribution in [3.8, 4) is 0 Å². The summed E-state index contributed by atoms with van der Waals surface area (Å²) in [7, 11) is 0. The third kappa shape index (κ3) is 5.35. The van der Waals surface area contributed by atoms with Crippen molar-refractivity contribution >= 4 is 34.3 Å². The number of aromatic nitrogens is 3. The number of pyridine rings is 1. The van der Waals surface area contributed by atoms with E-state index in [2.05, 4.69) is 28.6 Å². The van der Waals surface area contributed by atoms with Crippen LogP contribution < -0.4 is 15.1 Å². The summed E-state index contributed by atoms with van der Waals surface area (Å²) in [6.45, 7) is 12.7. The smallest absolute Gasteiger partial charge is 0.250 e. The maximum Gasteiger partial charge on any atom is 0.250 e. The second kappa shape index (κ2) is 10.9. The fourth-order valence-electron chi connectivity index (χ4n) is 4.06. The highest BCUT2D eigenvalue weighted by atomic mass is 16.5. The molecule has 2 fully saturated rings. The maximum atomic E-state index is 12.1. The Morgan fingerprint density at radius 1 is 1.21 bits per heavy atom. The zero-order valence-corrected chi connectivity index (χ0v) is 19.8. The molecule has 10 nitrogen and oxygen atoms in total. The Morgan fingerprint density at radius 3 is 2.71 bits per heavy atom. The second-order valence-electron chi connectivity index (χ2n) is 8.46. The Kier molecular flexibility index (Phi) is 7.71. The van der Waals surface area contributed by atoms with Gasteiger partial charge in [-0.3, -0.25) is 4.79 Å². The number of nitrogens with one attached hydrogen (secondary N) is 1. The van der Waals surface area contributed by atoms with Gasteiger partial charge in [-0.25, -0.2) is 4.98 Å². The van der Waals surface area contributed by atoms with Gasteiger partial charge in [0.05, 0.1) is 50.2 Å². The van der Waals surface area contributed by atoms with E-state index in [0.29, 0.717) is 49.3 Å². The molecule has 2 aliphatic heterocycles. The minimum Gasteiger partial charge on any atom is -0.395 e. The summed E-state index contributed by atoms with van der Waals surface area (Å²) in [5.74, 6) is 1.18. The number of nitrogens with zero attached hydrogens (tertiary/aromatic N) is 5. The van der Waals surface area contributed by atoms with Crippen LogP contribution in [0.3, 0.4) is 0 Å². The molecule has 1 atom stereocenters. The summed E-state index contributed by atoms with van der Waals surface area (Å²) in [6, 6.07) is 4.06. The Hall–Kier alpha value is -3.08. The minimum absolute atomic E-state index is 0.122. The molecular formula is C24H32N6O4. The van der Waals surface area contributed by atoms with Crippen LogP contribution in [-0.2, 0) is 14.3 Å². The van der Waals surface area contributed by atoms with Gasteiger partial charge in [-0.2, -0.15) is 9.97 Å². The van der Waals surface area contributed by atoms with E-state index in [9.17, 15) is 4.79 Å². The number of anilines is 2. The molecule has 0 radical (unpaired) electrons. The highest BCUT2D eigenvalue weighted by Gasteiger charge is 2.25. The van der Waals surface area contributed by atoms with Gasteiger partial charge < -0.3 is 29.7 Å². The second-order valence-corrected chi connectivity index (χ2v) is 8.46. The number of carbonyl (C=O) groups is 1. The number of amides is 1. The number of rotatable bonds is 7. The molecule has 1 unspecified atom stereocenters. The number of fused-ring (bicyclic) bond motifs is 1. The third-order valence-corrected chi connectivity index (χ3v) is 5.95. The Bertz CT molecular complexity index is 1080. The molecule has 4 heterocycles. The predicted molar refractivity (Wildman–Crippen MR) is 131 cm³/mol. The number of hydrogen-bond donors (Lipinski definition) is 2. The molecule has 10 heteroatoms. The fraction of sp³-hybridized carbons (Fsp3) is 0.500. The van der Waals surface area contributed by atoms with Gasteiger partial charge in [0.2, 0.25) is 5.95 Å². The maximum absolute atomic E-state index is 12.1. The highest BCUT2D eigenvalue weighted by molar-refractivity contribution is 5.97. The van der Waals surface area contributed by atoms with Crippen molar-refractivity contribution in [2.45, 2.75) is 19.9 Å². The van der Waals surface area contributed by atoms with Crippen LogP contribution in [0.25, 0.3) is 16.6 Å². The molecule has 0 spiro atoms. The predicted octanol–water partition coefficient (Wildman–Crippen LogP) is 1.15. The number of morpholine rings is 2. The molecule has 2 N–H and O–H groups in total. The molecule has 1 amide bonds. The van der Waals surface area contributed by atoms with Crippen LogP contribution in [0.1, 0.15) is 19.5 Å². The van der Waals surface area contributed by atoms with E-state index in [-0.39, 0.29) is 25.1 Å². The van der Waals surface area contributed by atoms with Gasteiger partial charge >= 0.3 is 0 Å². The lowest BCUT2D eigenvalue weighted by Gasteiger charge is -2.34. The van der Waals surface area contributed by atoms with Gasteiger partial charge in [0.25, 0.3) is 5.91 Å². The monoisotopic (exact) mass is 468 g/mol. The van der Waals surface area contributed by atoms with Crippen molar-refractivity contribution in [1.82, 2.24) is 20.3 Å². The summed E-state index contributed by atoms with van der Waals surface area (Å²) in [4.78, 5) is 31.1. The normalized spacial score (nSPS) is 19.4. The molecule has 0 aliphatic carbocycles. The first-order valence-corrected chi connectivity index (χ1v) is 11.6. The SMILES string of the molecule is C=C(/C=C(\C)c1ccc2c(N3CCOCC3)nc(N3CCOCC3C)nc2n1)C(=O)NCCO. The molecule has 0 bridgehead atoms. The van der Waals surface area contributed by atoms with Crippen LogP contribution in [0.5, 0.6) is 0 Å². The number of allylic oxidation sites excluding steroid dienone is 1. The lowest BCUT2D eigenvalue weighted by molar-refractivity contribution is -0.117. The topological polar surface area (TPSA) is 113 Å². The van der Waals surface area contributed by atoms with Crippen molar-refractivity contribution in [1.29, 1.82) is 0 Å². The van der Waals surface area contributed by atoms with E-state index < -0.39 is 0 Å². The third-order valence-electron chi connectivity index (χ3n) is 5.95. The average Bonchev–Trinajstić information content (AvgIpc) is 2.86. The van der Waals surface area contributed by atoms with Crippen LogP contribution in [0, 0.1) is 0 Å². The van der Waals surface area contributed by atoms with Gasteiger partial charge in [-0.1, -0.05) is 6.58 Å². The Balaban J connectivity index is 1.72. The molecule has 0 saturated carbocycles. The van der Waals surface area contributed by atoms with Crippen molar-refractivity contribution in [3.05, 3.63) is 36.1 Å². The van der Waals surface area contributed by atoms with E-state index in [1.54, 1.807) is 6.08 Å². The van der Waals surface area contributed by atoms with E-state index in [1.165, 1.54) is 0 Å². The number of ether oxygens (including phenoxy) is 2. The lowest BCUT2D eigenvalue weighted by atomic mass is 10.1. The van der Waals surface area contributed by atoms with E-state index in [0.717, 1.165) is 36.4 Å². The summed E-state index contributed by atoms with van der Waals surface area (Å²) in [5, 5.41) is 12.4. The first kappa shape index (κ1) is 24.1. The lowest BCUT2D eigenvalue weighted by Crippen LogP contribution is -2.45. The number of aliphatic hydroxyl groups excluding tert-OH is 1. The van der Waals surface area contributed by atoms with E-state index >= 15 is 0 Å². The van der Waals surface area contributed by atoms with Crippen molar-refractivity contribution in [3.63, 3.8) is 0 Å². The molecule has 2 aromatic heterocycles. The van der Waals surface area contributed by atoms with Crippen molar-refractivity contribution < 1.29 is 19.4 Å². The molecule has 2 aliphatic rings. The summed E-state index contributed by atoms with van der Waals surface area (Å²) in [5.41, 5.74) is 2.40. The highest BCUT2D eigenvalue weighted by Crippen LogP contribution is 2.29. The Morgan fingerprint density at radius 2 is 1.97 bits per heavy atom. The molecule has 2 aromatic rings. The summed E-state index contributed by atoms with van der Waals surface area (Å²) >= 11 is 0. The molecule has 4 rings (SSSR count). The first-order valence-electron chi connectivity index (χ1n) is 11.6. The van der Waals surface area contributed by atoms with Crippen LogP contribution in [-0.4, -0.2) is 91.2 Å². The molecule has 0 aromatic carbocycles. The largest absolute Gasteiger partial charge is 0.395 e. The van der Waals surface area contributed by atoms with Gasteiger partial charge in [0.15, 0.2) is 5.65 Å². The van der Waals surface area contributed by atoms with Crippen molar-refractivity contribution in [2.24, 2.45) is 0 Å². The van der Waals surface area contributed by atoms with Gasteiger partial charge in [-0.15, -0.1) is 0 Å². The van der Waals surface area contributed by atoms with E-state index in [1.807, 2.05) is 19.1 Å². The minimum atomic E-state index is -0.324. The first-order chi connectivity index (χ1) is 16.5. The number of carbonyl (C=O) groups excluding carboxylic acids is 1. The molecule has 2 saturated heterocycles. The summed E-state index contributed by atoms with van der Waals surface area (Å²) in [6.07, 6.45) is 1.69. The van der Waals surface area contributed by atoms with Gasteiger partial charge in [-0.05, 0) is 37.6 Å². The van der Waals surface area contributed by atoms with Crippen LogP contribution in [0.4, 0.5) is 11.8 Å². The molecule has 34 heavy (non-hydrogen) atoms. The molecular weight excluding hydrogens is 436 g/mol. The zero-order chi connectivity index (χ0) is 24.1. The zero-order valence-electron chi connectivity index (χ0n) is 19.8. The molecule has 182 valence electrons. The van der Waals surface area contributed by atoms with Gasteiger partial charge in [0, 0.05) is 31.8 Å². The average molecular weight is 469 g/mol. The number of aliphatic hydroxyl groups is 1. The number of hydrogen-bond acceptors (Lipinski definition) is 9. The quantitative estimate of drug-likeness (QED) is 0.456.